The lowest BCUT2D eigenvalue weighted by Gasteiger charge is -2.22. The summed E-state index contributed by atoms with van der Waals surface area (Å²) >= 11 is 0. The van der Waals surface area contributed by atoms with Crippen LogP contribution in [0.15, 0.2) is 66.7 Å². The van der Waals surface area contributed by atoms with Crippen molar-refractivity contribution in [3.05, 3.63) is 77.9 Å². The number of hydrogen-bond donors (Lipinski definition) is 1. The zero-order valence-electron chi connectivity index (χ0n) is 13.3. The molecule has 0 fully saturated rings. The van der Waals surface area contributed by atoms with Crippen molar-refractivity contribution < 1.29 is 14.7 Å². The van der Waals surface area contributed by atoms with Crippen molar-refractivity contribution in [2.24, 2.45) is 0 Å². The van der Waals surface area contributed by atoms with E-state index in [9.17, 15) is 9.59 Å². The average Bonchev–Trinajstić information content (AvgIpc) is 2.59. The predicted octanol–water partition coefficient (Wildman–Crippen LogP) is 4.09. The third-order valence-electron chi connectivity index (χ3n) is 3.94. The van der Waals surface area contributed by atoms with E-state index >= 15 is 0 Å². The van der Waals surface area contributed by atoms with Crippen LogP contribution in [-0.4, -0.2) is 17.0 Å². The molecule has 0 saturated carbocycles. The molecule has 0 spiro atoms. The number of fused-ring (bicyclic) bond motifs is 1. The SMILES string of the molecule is CC(=O)N(Cc1ccc2ccccc2c1)c1cccc(C(=O)O)c1. The van der Waals surface area contributed by atoms with Gasteiger partial charge >= 0.3 is 5.97 Å². The quantitative estimate of drug-likeness (QED) is 0.788. The number of carboxylic acids is 1. The molecule has 1 N–H and O–H groups in total. The van der Waals surface area contributed by atoms with Gasteiger partial charge in [-0.1, -0.05) is 42.5 Å². The highest BCUT2D eigenvalue weighted by molar-refractivity contribution is 5.94. The van der Waals surface area contributed by atoms with Crippen molar-refractivity contribution in [2.45, 2.75) is 13.5 Å². The minimum absolute atomic E-state index is 0.134. The van der Waals surface area contributed by atoms with E-state index in [0.717, 1.165) is 16.3 Å². The summed E-state index contributed by atoms with van der Waals surface area (Å²) in [6.07, 6.45) is 0. The second-order valence-electron chi connectivity index (χ2n) is 5.64. The van der Waals surface area contributed by atoms with E-state index in [1.54, 1.807) is 17.0 Å². The smallest absolute Gasteiger partial charge is 0.335 e. The molecule has 0 aliphatic carbocycles. The van der Waals surface area contributed by atoms with Crippen LogP contribution in [0.4, 0.5) is 5.69 Å². The van der Waals surface area contributed by atoms with Crippen molar-refractivity contribution in [3.63, 3.8) is 0 Å². The van der Waals surface area contributed by atoms with E-state index in [1.807, 2.05) is 42.5 Å². The molecule has 1 amide bonds. The Hall–Kier alpha value is -3.14. The summed E-state index contributed by atoms with van der Waals surface area (Å²) in [6.45, 7) is 1.87. The van der Waals surface area contributed by atoms with Crippen molar-refractivity contribution in [2.75, 3.05) is 4.90 Å². The van der Waals surface area contributed by atoms with E-state index in [2.05, 4.69) is 0 Å². The number of nitrogens with zero attached hydrogens (tertiary/aromatic N) is 1. The highest BCUT2D eigenvalue weighted by atomic mass is 16.4. The van der Waals surface area contributed by atoms with Crippen molar-refractivity contribution >= 4 is 28.3 Å². The highest BCUT2D eigenvalue weighted by Gasteiger charge is 2.14. The van der Waals surface area contributed by atoms with Crippen LogP contribution < -0.4 is 4.90 Å². The van der Waals surface area contributed by atoms with Crippen LogP contribution in [-0.2, 0) is 11.3 Å². The van der Waals surface area contributed by atoms with Gasteiger partial charge in [0, 0.05) is 12.6 Å². The predicted molar refractivity (Wildman–Crippen MR) is 94.2 cm³/mol. The maximum atomic E-state index is 12.1. The fourth-order valence-corrected chi connectivity index (χ4v) is 2.71. The molecule has 0 aliphatic heterocycles. The molecule has 3 aromatic rings. The summed E-state index contributed by atoms with van der Waals surface area (Å²) in [5, 5.41) is 11.4. The van der Waals surface area contributed by atoms with Crippen LogP contribution in [0.5, 0.6) is 0 Å². The van der Waals surface area contributed by atoms with Gasteiger partial charge in [0.2, 0.25) is 5.91 Å². The Morgan fingerprint density at radius 2 is 1.67 bits per heavy atom. The molecule has 0 radical (unpaired) electrons. The number of anilines is 1. The van der Waals surface area contributed by atoms with Crippen molar-refractivity contribution in [3.8, 4) is 0 Å². The number of hydrogen-bond acceptors (Lipinski definition) is 2. The third kappa shape index (κ3) is 3.27. The Balaban J connectivity index is 1.94. The number of aromatic carboxylic acids is 1. The molecule has 0 heterocycles. The molecule has 0 unspecified atom stereocenters. The molecule has 3 aromatic carbocycles. The first-order valence-electron chi connectivity index (χ1n) is 7.64. The minimum atomic E-state index is -1.01. The third-order valence-corrected chi connectivity index (χ3v) is 3.94. The Labute approximate surface area is 140 Å². The van der Waals surface area contributed by atoms with E-state index in [4.69, 9.17) is 5.11 Å². The van der Waals surface area contributed by atoms with Crippen molar-refractivity contribution in [1.29, 1.82) is 0 Å². The Kier molecular flexibility index (Phi) is 4.29. The fourth-order valence-electron chi connectivity index (χ4n) is 2.71. The Morgan fingerprint density at radius 3 is 2.38 bits per heavy atom. The first kappa shape index (κ1) is 15.7. The second-order valence-corrected chi connectivity index (χ2v) is 5.64. The highest BCUT2D eigenvalue weighted by Crippen LogP contribution is 2.22. The molecule has 3 rings (SSSR count). The van der Waals surface area contributed by atoms with Crippen molar-refractivity contribution in [1.82, 2.24) is 0 Å². The average molecular weight is 319 g/mol. The van der Waals surface area contributed by atoms with Gasteiger partial charge in [0.25, 0.3) is 0 Å². The normalized spacial score (nSPS) is 10.5. The second kappa shape index (κ2) is 6.54. The van der Waals surface area contributed by atoms with Gasteiger partial charge in [-0.05, 0) is 40.6 Å². The number of benzene rings is 3. The maximum Gasteiger partial charge on any atom is 0.335 e. The monoisotopic (exact) mass is 319 g/mol. The minimum Gasteiger partial charge on any atom is -0.478 e. The van der Waals surface area contributed by atoms with Crippen LogP contribution in [0.3, 0.4) is 0 Å². The molecular formula is C20H17NO3. The van der Waals surface area contributed by atoms with Crippen LogP contribution in [0.2, 0.25) is 0 Å². The van der Waals surface area contributed by atoms with E-state index in [1.165, 1.54) is 19.1 Å². The largest absolute Gasteiger partial charge is 0.478 e. The summed E-state index contributed by atoms with van der Waals surface area (Å²) in [5.74, 6) is -1.14. The first-order chi connectivity index (χ1) is 11.5. The first-order valence-corrected chi connectivity index (χ1v) is 7.64. The summed E-state index contributed by atoms with van der Waals surface area (Å²) in [7, 11) is 0. The van der Waals surface area contributed by atoms with E-state index in [0.29, 0.717) is 12.2 Å². The fraction of sp³-hybridized carbons (Fsp3) is 0.100. The van der Waals surface area contributed by atoms with Crippen LogP contribution >= 0.6 is 0 Å². The lowest BCUT2D eigenvalue weighted by Crippen LogP contribution is -2.28. The molecule has 4 nitrogen and oxygen atoms in total. The van der Waals surface area contributed by atoms with Gasteiger partial charge in [0.1, 0.15) is 0 Å². The molecule has 4 heteroatoms. The van der Waals surface area contributed by atoms with Crippen LogP contribution in [0.1, 0.15) is 22.8 Å². The zero-order chi connectivity index (χ0) is 17.1. The number of amides is 1. The summed E-state index contributed by atoms with van der Waals surface area (Å²) < 4.78 is 0. The lowest BCUT2D eigenvalue weighted by atomic mass is 10.1. The van der Waals surface area contributed by atoms with Crippen LogP contribution in [0.25, 0.3) is 10.8 Å². The summed E-state index contributed by atoms with van der Waals surface area (Å²) in [5.41, 5.74) is 1.73. The molecule has 0 aliphatic rings. The molecule has 0 aromatic heterocycles. The topological polar surface area (TPSA) is 57.6 Å². The van der Waals surface area contributed by atoms with Gasteiger partial charge in [-0.2, -0.15) is 0 Å². The molecular weight excluding hydrogens is 302 g/mol. The number of carboxylic acid groups (broad SMARTS) is 1. The van der Waals surface area contributed by atoms with Gasteiger partial charge in [-0.25, -0.2) is 4.79 Å². The number of rotatable bonds is 4. The summed E-state index contributed by atoms with van der Waals surface area (Å²) in [4.78, 5) is 24.8. The molecule has 120 valence electrons. The van der Waals surface area contributed by atoms with Gasteiger partial charge in [0.05, 0.1) is 12.1 Å². The Morgan fingerprint density at radius 1 is 0.917 bits per heavy atom. The molecule has 0 atom stereocenters. The van der Waals surface area contributed by atoms with Gasteiger partial charge in [0.15, 0.2) is 0 Å². The van der Waals surface area contributed by atoms with E-state index in [-0.39, 0.29) is 11.5 Å². The maximum absolute atomic E-state index is 12.1. The van der Waals surface area contributed by atoms with Gasteiger partial charge < -0.3 is 10.0 Å². The van der Waals surface area contributed by atoms with Gasteiger partial charge in [-0.15, -0.1) is 0 Å². The van der Waals surface area contributed by atoms with E-state index < -0.39 is 5.97 Å². The number of carbonyl (C=O) groups excluding carboxylic acids is 1. The lowest BCUT2D eigenvalue weighted by molar-refractivity contribution is -0.116. The Bertz CT molecular complexity index is 917. The zero-order valence-corrected chi connectivity index (χ0v) is 13.3. The molecule has 0 saturated heterocycles. The number of carbonyl (C=O) groups is 2. The summed E-state index contributed by atoms with van der Waals surface area (Å²) in [6, 6.07) is 20.5. The van der Waals surface area contributed by atoms with Gasteiger partial charge in [-0.3, -0.25) is 4.79 Å². The molecule has 0 bridgehead atoms. The standard InChI is InChI=1S/C20H17NO3/c1-14(22)21(19-8-4-7-18(12-19)20(23)24)13-15-9-10-16-5-2-3-6-17(16)11-15/h2-12H,13H2,1H3,(H,23,24). The molecule has 24 heavy (non-hydrogen) atoms. The van der Waals surface area contributed by atoms with Crippen LogP contribution in [0, 0.1) is 0 Å².